The maximum atomic E-state index is 13.1. The number of aryl methyl sites for hydroxylation is 1. The minimum absolute atomic E-state index is 0.0273. The molecular weight excluding hydrogens is 417 g/mol. The lowest BCUT2D eigenvalue weighted by Gasteiger charge is -2.07. The molecule has 0 radical (unpaired) electrons. The molecule has 0 unspecified atom stereocenters. The number of ether oxygens (including phenoxy) is 1. The van der Waals surface area contributed by atoms with E-state index in [1.807, 2.05) is 0 Å². The summed E-state index contributed by atoms with van der Waals surface area (Å²) in [4.78, 5) is 14.9. The summed E-state index contributed by atoms with van der Waals surface area (Å²) in [6.07, 6.45) is 1.16. The van der Waals surface area contributed by atoms with Crippen molar-refractivity contribution in [3.8, 4) is 5.75 Å². The molecule has 27 heavy (non-hydrogen) atoms. The molecule has 1 aromatic carbocycles. The number of methoxy groups -OCH3 is 1. The average Bonchev–Trinajstić information content (AvgIpc) is 2.97. The number of benzene rings is 1. The highest BCUT2D eigenvalue weighted by molar-refractivity contribution is 7.90. The van der Waals surface area contributed by atoms with Gasteiger partial charge in [-0.25, -0.2) is 4.98 Å². The predicted molar refractivity (Wildman–Crippen MR) is 99.1 cm³/mol. The maximum absolute atomic E-state index is 13.1. The second-order valence-electron chi connectivity index (χ2n) is 5.54. The molecule has 1 N–H and O–H groups in total. The number of halogens is 2. The third-order valence-corrected chi connectivity index (χ3v) is 5.70. The first kappa shape index (κ1) is 19.4. The van der Waals surface area contributed by atoms with Gasteiger partial charge in [0.1, 0.15) is 5.75 Å². The van der Waals surface area contributed by atoms with E-state index in [-0.39, 0.29) is 39.1 Å². The van der Waals surface area contributed by atoms with Gasteiger partial charge in [-0.1, -0.05) is 23.2 Å². The zero-order valence-corrected chi connectivity index (χ0v) is 16.2. The summed E-state index contributed by atoms with van der Waals surface area (Å²) in [5.41, 5.74) is 0.322. The van der Waals surface area contributed by atoms with Gasteiger partial charge in [0, 0.05) is 21.9 Å². The molecule has 11 heteroatoms. The van der Waals surface area contributed by atoms with Gasteiger partial charge in [-0.15, -0.1) is 4.09 Å². The number of rotatable bonds is 6. The number of fused-ring (bicyclic) bond motifs is 1. The fraction of sp³-hybridized carbons (Fsp3) is 0.188. The monoisotopic (exact) mass is 429 g/mol. The van der Waals surface area contributed by atoms with E-state index in [0.29, 0.717) is 11.1 Å². The van der Waals surface area contributed by atoms with Crippen LogP contribution in [-0.2, 0) is 21.2 Å². The largest absolute Gasteiger partial charge is 0.495 e. The maximum Gasteiger partial charge on any atom is 0.303 e. The number of hydrogen-bond donors (Lipinski definition) is 1. The Bertz CT molecular complexity index is 1120. The first-order valence-electron chi connectivity index (χ1n) is 7.57. The Morgan fingerprint density at radius 3 is 2.48 bits per heavy atom. The van der Waals surface area contributed by atoms with Crippen LogP contribution in [-0.4, -0.2) is 40.8 Å². The van der Waals surface area contributed by atoms with Crippen LogP contribution < -0.4 is 4.74 Å². The minimum Gasteiger partial charge on any atom is -0.495 e. The zero-order chi connectivity index (χ0) is 19.8. The average molecular weight is 430 g/mol. The fourth-order valence-electron chi connectivity index (χ4n) is 2.48. The van der Waals surface area contributed by atoms with Gasteiger partial charge in [0.2, 0.25) is 0 Å². The molecule has 0 saturated heterocycles. The van der Waals surface area contributed by atoms with E-state index in [1.54, 1.807) is 6.07 Å². The smallest absolute Gasteiger partial charge is 0.303 e. The highest BCUT2D eigenvalue weighted by Gasteiger charge is 2.25. The van der Waals surface area contributed by atoms with Crippen molar-refractivity contribution in [3.63, 3.8) is 0 Å². The van der Waals surface area contributed by atoms with E-state index in [2.05, 4.69) is 10.1 Å². The second-order valence-corrected chi connectivity index (χ2v) is 8.18. The Hall–Kier alpha value is -2.36. The Labute approximate surface area is 164 Å². The topological polar surface area (TPSA) is 111 Å². The molecule has 0 aliphatic carbocycles. The Morgan fingerprint density at radius 2 is 1.89 bits per heavy atom. The summed E-state index contributed by atoms with van der Waals surface area (Å²) in [6, 6.07) is 5.46. The number of aliphatic carboxylic acids is 1. The van der Waals surface area contributed by atoms with Crippen LogP contribution in [0.25, 0.3) is 11.0 Å². The van der Waals surface area contributed by atoms with E-state index in [9.17, 15) is 13.2 Å². The van der Waals surface area contributed by atoms with Gasteiger partial charge in [0.25, 0.3) is 10.0 Å². The highest BCUT2D eigenvalue weighted by Crippen LogP contribution is 2.28. The van der Waals surface area contributed by atoms with Gasteiger partial charge >= 0.3 is 5.97 Å². The zero-order valence-electron chi connectivity index (χ0n) is 13.9. The van der Waals surface area contributed by atoms with Gasteiger partial charge in [-0.05, 0) is 24.3 Å². The molecule has 2 heterocycles. The lowest BCUT2D eigenvalue weighted by Crippen LogP contribution is -2.15. The molecule has 0 aliphatic heterocycles. The SMILES string of the molecule is COc1cnc2c(c1)c(CCC(=O)O)nn2S(=O)(=O)c1cc(Cl)cc(Cl)c1. The van der Waals surface area contributed by atoms with Gasteiger partial charge < -0.3 is 9.84 Å². The molecule has 0 atom stereocenters. The van der Waals surface area contributed by atoms with Gasteiger partial charge in [-0.2, -0.15) is 13.5 Å². The molecular formula is C16H13Cl2N3O5S. The van der Waals surface area contributed by atoms with Crippen LogP contribution in [0.1, 0.15) is 12.1 Å². The molecule has 8 nitrogen and oxygen atoms in total. The molecule has 0 bridgehead atoms. The number of carbonyl (C=O) groups is 1. The summed E-state index contributed by atoms with van der Waals surface area (Å²) >= 11 is 11.8. The number of hydrogen-bond acceptors (Lipinski definition) is 6. The van der Waals surface area contributed by atoms with Crippen LogP contribution in [0.2, 0.25) is 10.0 Å². The number of aromatic nitrogens is 3. The normalized spacial score (nSPS) is 11.7. The summed E-state index contributed by atoms with van der Waals surface area (Å²) in [7, 11) is -2.72. The van der Waals surface area contributed by atoms with Crippen molar-refractivity contribution < 1.29 is 23.1 Å². The highest BCUT2D eigenvalue weighted by atomic mass is 35.5. The number of carboxylic acid groups (broad SMARTS) is 1. The van der Waals surface area contributed by atoms with Crippen molar-refractivity contribution in [1.82, 2.24) is 14.2 Å². The minimum atomic E-state index is -4.16. The van der Waals surface area contributed by atoms with Gasteiger partial charge in [0.15, 0.2) is 5.65 Å². The summed E-state index contributed by atoms with van der Waals surface area (Å²) < 4.78 is 32.0. The van der Waals surface area contributed by atoms with E-state index >= 15 is 0 Å². The van der Waals surface area contributed by atoms with Crippen LogP contribution in [0, 0.1) is 0 Å². The predicted octanol–water partition coefficient (Wildman–Crippen LogP) is 3.00. The molecule has 0 spiro atoms. The molecule has 0 saturated carbocycles. The van der Waals surface area contributed by atoms with Crippen LogP contribution in [0.4, 0.5) is 0 Å². The van der Waals surface area contributed by atoms with Crippen LogP contribution >= 0.6 is 23.2 Å². The quantitative estimate of drug-likeness (QED) is 0.640. The van der Waals surface area contributed by atoms with Crippen molar-refractivity contribution in [2.75, 3.05) is 7.11 Å². The lowest BCUT2D eigenvalue weighted by molar-refractivity contribution is -0.136. The second kappa shape index (κ2) is 7.34. The van der Waals surface area contributed by atoms with Crippen LogP contribution in [0.5, 0.6) is 5.75 Å². The molecule has 3 rings (SSSR count). The number of pyridine rings is 1. The lowest BCUT2D eigenvalue weighted by atomic mass is 10.2. The standard InChI is InChI=1S/C16H13Cl2N3O5S/c1-26-11-7-13-14(2-3-15(22)23)20-21(16(13)19-8-11)27(24,25)12-5-9(17)4-10(18)6-12/h4-8H,2-3H2,1H3,(H,22,23). The Kier molecular flexibility index (Phi) is 5.27. The van der Waals surface area contributed by atoms with Crippen LogP contribution in [0.15, 0.2) is 35.4 Å². The van der Waals surface area contributed by atoms with Crippen molar-refractivity contribution in [3.05, 3.63) is 46.2 Å². The van der Waals surface area contributed by atoms with E-state index in [0.717, 1.165) is 4.09 Å². The van der Waals surface area contributed by atoms with Crippen molar-refractivity contribution in [2.24, 2.45) is 0 Å². The Morgan fingerprint density at radius 1 is 1.22 bits per heavy atom. The third-order valence-electron chi connectivity index (χ3n) is 3.72. The number of carboxylic acids is 1. The molecule has 2 aromatic heterocycles. The van der Waals surface area contributed by atoms with Gasteiger partial charge in [-0.3, -0.25) is 4.79 Å². The van der Waals surface area contributed by atoms with E-state index in [4.69, 9.17) is 33.0 Å². The van der Waals surface area contributed by atoms with Gasteiger partial charge in [0.05, 0.1) is 30.3 Å². The molecule has 3 aromatic rings. The molecule has 0 aliphatic rings. The molecule has 0 fully saturated rings. The first-order valence-corrected chi connectivity index (χ1v) is 9.77. The fourth-order valence-corrected chi connectivity index (χ4v) is 4.47. The Balaban J connectivity index is 2.22. The van der Waals surface area contributed by atoms with Crippen molar-refractivity contribution in [2.45, 2.75) is 17.7 Å². The summed E-state index contributed by atoms with van der Waals surface area (Å²) in [5.74, 6) is -0.639. The molecule has 142 valence electrons. The third kappa shape index (κ3) is 3.85. The summed E-state index contributed by atoms with van der Waals surface area (Å²) in [6.45, 7) is 0. The molecule has 0 amide bonds. The number of nitrogens with zero attached hydrogens (tertiary/aromatic N) is 3. The van der Waals surface area contributed by atoms with E-state index < -0.39 is 16.0 Å². The van der Waals surface area contributed by atoms with E-state index in [1.165, 1.54) is 31.5 Å². The van der Waals surface area contributed by atoms with Crippen LogP contribution in [0.3, 0.4) is 0 Å². The van der Waals surface area contributed by atoms with Crippen molar-refractivity contribution in [1.29, 1.82) is 0 Å². The summed E-state index contributed by atoms with van der Waals surface area (Å²) in [5, 5.41) is 13.7. The first-order chi connectivity index (χ1) is 12.7. The van der Waals surface area contributed by atoms with Crippen molar-refractivity contribution >= 4 is 50.2 Å².